The third kappa shape index (κ3) is 3.65. The van der Waals surface area contributed by atoms with Gasteiger partial charge in [-0.05, 0) is 31.9 Å². The van der Waals surface area contributed by atoms with Gasteiger partial charge in [0.15, 0.2) is 11.3 Å². The summed E-state index contributed by atoms with van der Waals surface area (Å²) in [6.07, 6.45) is 2.74. The molecule has 1 aliphatic rings. The van der Waals surface area contributed by atoms with Crippen LogP contribution in [-0.2, 0) is 0 Å². The first kappa shape index (κ1) is 18.6. The molecule has 0 spiro atoms. The molecule has 0 aliphatic carbocycles. The van der Waals surface area contributed by atoms with E-state index in [1.165, 1.54) is 17.4 Å². The van der Waals surface area contributed by atoms with E-state index in [1.807, 2.05) is 13.8 Å². The van der Waals surface area contributed by atoms with Crippen molar-refractivity contribution >= 4 is 33.5 Å². The molecule has 2 N–H and O–H groups in total. The quantitative estimate of drug-likeness (QED) is 0.690. The number of β-amino-alcohol motifs (C(OH)–C–C–N with tert-alkyl or cyclic N) is 1. The van der Waals surface area contributed by atoms with Gasteiger partial charge in [0.2, 0.25) is 5.95 Å². The second-order valence-corrected chi connectivity index (χ2v) is 7.98. The summed E-state index contributed by atoms with van der Waals surface area (Å²) in [5, 5.41) is 13.6. The number of nitrogens with one attached hydrogen (secondary N) is 1. The number of rotatable bonds is 4. The molecule has 0 aromatic carbocycles. The lowest BCUT2D eigenvalue weighted by molar-refractivity contribution is 0.0761. The molecular weight excluding hydrogens is 383 g/mol. The number of hydrogen-bond donors (Lipinski definition) is 2. The molecule has 3 aromatic rings. The number of aliphatic hydroxyl groups excluding tert-OH is 1. The number of halogens is 1. The summed E-state index contributed by atoms with van der Waals surface area (Å²) in [5.74, 6) is -0.450. The second kappa shape index (κ2) is 7.36. The summed E-state index contributed by atoms with van der Waals surface area (Å²) < 4.78 is 14.1. The van der Waals surface area contributed by atoms with Crippen molar-refractivity contribution in [3.05, 3.63) is 40.5 Å². The van der Waals surface area contributed by atoms with Crippen molar-refractivity contribution in [3.63, 3.8) is 0 Å². The van der Waals surface area contributed by atoms with Crippen LogP contribution >= 0.6 is 11.3 Å². The zero-order valence-electron chi connectivity index (χ0n) is 15.4. The van der Waals surface area contributed by atoms with Crippen molar-refractivity contribution in [3.8, 4) is 0 Å². The van der Waals surface area contributed by atoms with E-state index in [2.05, 4.69) is 25.3 Å². The number of anilines is 1. The van der Waals surface area contributed by atoms with Gasteiger partial charge in [0, 0.05) is 19.3 Å². The maximum atomic E-state index is 13.5. The van der Waals surface area contributed by atoms with Crippen LogP contribution in [0.1, 0.15) is 40.4 Å². The highest BCUT2D eigenvalue weighted by Crippen LogP contribution is 2.27. The standard InChI is InChI=1S/C18H19FN6O2S/c1-9(11-5-12(19)7-20-6-11)21-18-23-14(15-16(24-18)22-10(2)28-15)17(27)25-4-3-13(26)8-25/h5-7,9,13,26H,3-4,8H2,1-2H3,(H,21,23,24). The molecule has 28 heavy (non-hydrogen) atoms. The number of aliphatic hydroxyl groups is 1. The number of aryl methyl sites for hydroxylation is 1. The summed E-state index contributed by atoms with van der Waals surface area (Å²) >= 11 is 1.36. The van der Waals surface area contributed by atoms with E-state index in [9.17, 15) is 14.3 Å². The molecule has 3 aromatic heterocycles. The number of likely N-dealkylation sites (tertiary alicyclic amines) is 1. The molecule has 4 heterocycles. The lowest BCUT2D eigenvalue weighted by Crippen LogP contribution is -2.30. The van der Waals surface area contributed by atoms with Gasteiger partial charge in [0.25, 0.3) is 5.91 Å². The topological polar surface area (TPSA) is 104 Å². The number of nitrogens with zero attached hydrogens (tertiary/aromatic N) is 5. The van der Waals surface area contributed by atoms with Crippen molar-refractivity contribution in [2.75, 3.05) is 18.4 Å². The van der Waals surface area contributed by atoms with Crippen molar-refractivity contribution < 1.29 is 14.3 Å². The molecule has 1 aliphatic heterocycles. The van der Waals surface area contributed by atoms with Crippen LogP contribution in [-0.4, -0.2) is 55.0 Å². The Labute approximate surface area is 164 Å². The van der Waals surface area contributed by atoms with Gasteiger partial charge in [-0.2, -0.15) is 4.98 Å². The van der Waals surface area contributed by atoms with E-state index < -0.39 is 11.9 Å². The van der Waals surface area contributed by atoms with Crippen LogP contribution < -0.4 is 5.32 Å². The van der Waals surface area contributed by atoms with Gasteiger partial charge < -0.3 is 15.3 Å². The Kier molecular flexibility index (Phi) is 4.90. The molecule has 146 valence electrons. The summed E-state index contributed by atoms with van der Waals surface area (Å²) in [6, 6.07) is 1.06. The number of aromatic nitrogens is 4. The zero-order valence-corrected chi connectivity index (χ0v) is 16.2. The van der Waals surface area contributed by atoms with E-state index in [1.54, 1.807) is 11.1 Å². The second-order valence-electron chi connectivity index (χ2n) is 6.78. The summed E-state index contributed by atoms with van der Waals surface area (Å²) in [6.45, 7) is 4.44. The number of pyridine rings is 1. The SMILES string of the molecule is Cc1nc2nc(NC(C)c3cncc(F)c3)nc(C(=O)N3CCC(O)C3)c2s1. The molecule has 1 fully saturated rings. The van der Waals surface area contributed by atoms with Crippen molar-refractivity contribution in [1.82, 2.24) is 24.8 Å². The highest BCUT2D eigenvalue weighted by atomic mass is 32.1. The fourth-order valence-electron chi connectivity index (χ4n) is 3.16. The van der Waals surface area contributed by atoms with E-state index in [0.29, 0.717) is 28.9 Å². The summed E-state index contributed by atoms with van der Waals surface area (Å²) in [5.41, 5.74) is 1.33. The van der Waals surface area contributed by atoms with Gasteiger partial charge in [-0.1, -0.05) is 0 Å². The first-order valence-electron chi connectivity index (χ1n) is 8.90. The smallest absolute Gasteiger partial charge is 0.274 e. The molecule has 10 heteroatoms. The Hall–Kier alpha value is -2.72. The Morgan fingerprint density at radius 2 is 2.21 bits per heavy atom. The monoisotopic (exact) mass is 402 g/mol. The van der Waals surface area contributed by atoms with Crippen molar-refractivity contribution in [2.24, 2.45) is 0 Å². The van der Waals surface area contributed by atoms with E-state index >= 15 is 0 Å². The van der Waals surface area contributed by atoms with Gasteiger partial charge in [-0.15, -0.1) is 11.3 Å². The van der Waals surface area contributed by atoms with Gasteiger partial charge >= 0.3 is 0 Å². The maximum absolute atomic E-state index is 13.5. The van der Waals surface area contributed by atoms with Crippen LogP contribution in [0.4, 0.5) is 10.3 Å². The molecule has 8 nitrogen and oxygen atoms in total. The molecular formula is C18H19FN6O2S. The Morgan fingerprint density at radius 3 is 2.93 bits per heavy atom. The van der Waals surface area contributed by atoms with Gasteiger partial charge in [0.1, 0.15) is 10.5 Å². The predicted octanol–water partition coefficient (Wildman–Crippen LogP) is 2.31. The Bertz CT molecular complexity index is 1040. The highest BCUT2D eigenvalue weighted by Gasteiger charge is 2.29. The fourth-order valence-corrected chi connectivity index (χ4v) is 4.00. The third-order valence-electron chi connectivity index (χ3n) is 4.59. The van der Waals surface area contributed by atoms with Crippen molar-refractivity contribution in [2.45, 2.75) is 32.4 Å². The number of carbonyl (C=O) groups is 1. The molecule has 2 atom stereocenters. The lowest BCUT2D eigenvalue weighted by atomic mass is 10.1. The number of hydrogen-bond acceptors (Lipinski definition) is 8. The van der Waals surface area contributed by atoms with Crippen LogP contribution in [0.5, 0.6) is 0 Å². The number of fused-ring (bicyclic) bond motifs is 1. The minimum absolute atomic E-state index is 0.234. The van der Waals surface area contributed by atoms with Crippen molar-refractivity contribution in [1.29, 1.82) is 0 Å². The zero-order chi connectivity index (χ0) is 19.8. The summed E-state index contributed by atoms with van der Waals surface area (Å²) in [4.78, 5) is 31.7. The molecule has 0 radical (unpaired) electrons. The third-order valence-corrected chi connectivity index (χ3v) is 5.55. The van der Waals surface area contributed by atoms with E-state index in [0.717, 1.165) is 11.2 Å². The summed E-state index contributed by atoms with van der Waals surface area (Å²) in [7, 11) is 0. The molecule has 1 amide bonds. The molecule has 0 saturated carbocycles. The largest absolute Gasteiger partial charge is 0.391 e. The molecule has 2 unspecified atom stereocenters. The van der Waals surface area contributed by atoms with Crippen LogP contribution in [0.25, 0.3) is 10.3 Å². The number of amides is 1. The van der Waals surface area contributed by atoms with Gasteiger partial charge in [0.05, 0.1) is 23.4 Å². The predicted molar refractivity (Wildman–Crippen MR) is 103 cm³/mol. The maximum Gasteiger partial charge on any atom is 0.274 e. The fraction of sp³-hybridized carbons (Fsp3) is 0.389. The normalized spacial score (nSPS) is 17.9. The van der Waals surface area contributed by atoms with Crippen LogP contribution in [0.2, 0.25) is 0 Å². The molecule has 0 bridgehead atoms. The minimum atomic E-state index is -0.512. The molecule has 4 rings (SSSR count). The molecule has 1 saturated heterocycles. The van der Waals surface area contributed by atoms with Gasteiger partial charge in [-0.3, -0.25) is 9.78 Å². The highest BCUT2D eigenvalue weighted by molar-refractivity contribution is 7.18. The average molecular weight is 402 g/mol. The lowest BCUT2D eigenvalue weighted by Gasteiger charge is -2.17. The average Bonchev–Trinajstić information content (AvgIpc) is 3.25. The Balaban J connectivity index is 1.68. The minimum Gasteiger partial charge on any atom is -0.391 e. The van der Waals surface area contributed by atoms with Crippen LogP contribution in [0.15, 0.2) is 18.5 Å². The first-order valence-corrected chi connectivity index (χ1v) is 9.72. The van der Waals surface area contributed by atoms with Crippen LogP contribution in [0, 0.1) is 12.7 Å². The van der Waals surface area contributed by atoms with E-state index in [4.69, 9.17) is 0 Å². The van der Waals surface area contributed by atoms with E-state index in [-0.39, 0.29) is 30.1 Å². The number of carbonyl (C=O) groups excluding carboxylic acids is 1. The van der Waals surface area contributed by atoms with Gasteiger partial charge in [-0.25, -0.2) is 14.4 Å². The Morgan fingerprint density at radius 1 is 1.39 bits per heavy atom. The number of thiazole rings is 1. The van der Waals surface area contributed by atoms with Crippen LogP contribution in [0.3, 0.4) is 0 Å². The first-order chi connectivity index (χ1) is 13.4.